The summed E-state index contributed by atoms with van der Waals surface area (Å²) in [4.78, 5) is 27.4. The van der Waals surface area contributed by atoms with Gasteiger partial charge in [-0.3, -0.25) is 10.2 Å². The van der Waals surface area contributed by atoms with Gasteiger partial charge in [-0.2, -0.15) is 0 Å². The number of piperazine rings is 1. The Bertz CT molecular complexity index is 629. The van der Waals surface area contributed by atoms with E-state index in [1.165, 1.54) is 12.1 Å². The van der Waals surface area contributed by atoms with Gasteiger partial charge < -0.3 is 9.88 Å². The fourth-order valence-corrected chi connectivity index (χ4v) is 2.45. The van der Waals surface area contributed by atoms with Crippen molar-refractivity contribution in [3.63, 3.8) is 0 Å². The van der Waals surface area contributed by atoms with Gasteiger partial charge in [0.15, 0.2) is 0 Å². The van der Waals surface area contributed by atoms with Crippen LogP contribution in [0.4, 0.5) is 15.0 Å². The number of aromatic nitrogens is 3. The molecular formula is C14H17FN6O. The summed E-state index contributed by atoms with van der Waals surface area (Å²) in [6.07, 6.45) is 4.54. The molecule has 0 aliphatic carbocycles. The summed E-state index contributed by atoms with van der Waals surface area (Å²) in [7, 11) is 2.00. The van der Waals surface area contributed by atoms with Crippen molar-refractivity contribution in [1.82, 2.24) is 24.8 Å². The number of aromatic amines is 1. The van der Waals surface area contributed by atoms with Crippen LogP contribution in [0.5, 0.6) is 0 Å². The molecule has 0 unspecified atom stereocenters. The molecule has 0 radical (unpaired) electrons. The quantitative estimate of drug-likeness (QED) is 0.880. The molecule has 1 saturated heterocycles. The minimum absolute atomic E-state index is 0.0238. The highest BCUT2D eigenvalue weighted by molar-refractivity contribution is 5.88. The van der Waals surface area contributed by atoms with Gasteiger partial charge in [-0.15, -0.1) is 0 Å². The second kappa shape index (κ2) is 6.10. The highest BCUT2D eigenvalue weighted by Gasteiger charge is 2.30. The van der Waals surface area contributed by atoms with Gasteiger partial charge >= 0.3 is 6.03 Å². The fraction of sp³-hybridized carbons (Fsp3) is 0.357. The van der Waals surface area contributed by atoms with Gasteiger partial charge in [-0.05, 0) is 19.2 Å². The predicted molar refractivity (Wildman–Crippen MR) is 78.7 cm³/mol. The minimum Gasteiger partial charge on any atom is -0.347 e. The number of nitrogens with one attached hydrogen (secondary N) is 2. The molecule has 2 aromatic heterocycles. The Hall–Kier alpha value is -2.48. The highest BCUT2D eigenvalue weighted by Crippen LogP contribution is 2.21. The average molecular weight is 304 g/mol. The molecule has 116 valence electrons. The van der Waals surface area contributed by atoms with Crippen LogP contribution in [0.3, 0.4) is 0 Å². The van der Waals surface area contributed by atoms with Crippen LogP contribution in [0.15, 0.2) is 30.7 Å². The zero-order valence-electron chi connectivity index (χ0n) is 12.2. The van der Waals surface area contributed by atoms with E-state index in [0.717, 1.165) is 18.6 Å². The molecule has 8 heteroatoms. The minimum atomic E-state index is -0.435. The van der Waals surface area contributed by atoms with E-state index < -0.39 is 5.82 Å². The molecule has 0 saturated carbocycles. The Morgan fingerprint density at radius 3 is 2.95 bits per heavy atom. The topological polar surface area (TPSA) is 77.2 Å². The van der Waals surface area contributed by atoms with Crippen molar-refractivity contribution in [3.8, 4) is 0 Å². The number of halogens is 1. The van der Waals surface area contributed by atoms with Crippen molar-refractivity contribution in [3.05, 3.63) is 42.4 Å². The molecule has 2 N–H and O–H groups in total. The Morgan fingerprint density at radius 1 is 1.41 bits per heavy atom. The first-order valence-electron chi connectivity index (χ1n) is 7.00. The van der Waals surface area contributed by atoms with Crippen LogP contribution < -0.4 is 5.32 Å². The van der Waals surface area contributed by atoms with Gasteiger partial charge in [-0.1, -0.05) is 0 Å². The summed E-state index contributed by atoms with van der Waals surface area (Å²) in [5.74, 6) is 0.732. The molecule has 1 fully saturated rings. The van der Waals surface area contributed by atoms with Crippen LogP contribution in [0.2, 0.25) is 0 Å². The van der Waals surface area contributed by atoms with E-state index in [0.29, 0.717) is 18.9 Å². The molecule has 2 aromatic rings. The molecule has 0 spiro atoms. The maximum absolute atomic E-state index is 12.8. The molecule has 1 aliphatic heterocycles. The summed E-state index contributed by atoms with van der Waals surface area (Å²) in [5.41, 5.74) is 0. The number of pyridine rings is 1. The number of likely N-dealkylation sites (N-methyl/N-ethyl adjacent to an activating group) is 1. The van der Waals surface area contributed by atoms with Gasteiger partial charge in [0.25, 0.3) is 0 Å². The fourth-order valence-electron chi connectivity index (χ4n) is 2.45. The molecule has 0 bridgehead atoms. The third-order valence-electron chi connectivity index (χ3n) is 3.73. The Morgan fingerprint density at radius 2 is 2.27 bits per heavy atom. The molecule has 2 amide bonds. The van der Waals surface area contributed by atoms with E-state index in [9.17, 15) is 9.18 Å². The summed E-state index contributed by atoms with van der Waals surface area (Å²) >= 11 is 0. The molecule has 22 heavy (non-hydrogen) atoms. The first-order chi connectivity index (χ1) is 10.6. The van der Waals surface area contributed by atoms with Crippen LogP contribution in [0, 0.1) is 5.82 Å². The monoisotopic (exact) mass is 304 g/mol. The van der Waals surface area contributed by atoms with Gasteiger partial charge in [0.2, 0.25) is 0 Å². The zero-order valence-corrected chi connectivity index (χ0v) is 12.2. The first kappa shape index (κ1) is 14.5. The smallest absolute Gasteiger partial charge is 0.323 e. The number of hydrogen-bond donors (Lipinski definition) is 2. The number of hydrogen-bond acceptors (Lipinski definition) is 4. The Kier molecular flexibility index (Phi) is 4.01. The molecule has 1 aliphatic rings. The van der Waals surface area contributed by atoms with Crippen LogP contribution in [0.1, 0.15) is 11.9 Å². The number of carbonyl (C=O) groups excluding carboxylic acids is 1. The molecule has 0 aromatic carbocycles. The third kappa shape index (κ3) is 3.06. The number of imidazole rings is 1. The van der Waals surface area contributed by atoms with E-state index >= 15 is 0 Å². The number of amides is 2. The largest absolute Gasteiger partial charge is 0.347 e. The lowest BCUT2D eigenvalue weighted by molar-refractivity contribution is 0.112. The summed E-state index contributed by atoms with van der Waals surface area (Å²) in [6, 6.07) is 2.48. The van der Waals surface area contributed by atoms with Crippen molar-refractivity contribution < 1.29 is 9.18 Å². The van der Waals surface area contributed by atoms with E-state index in [1.54, 1.807) is 17.3 Å². The van der Waals surface area contributed by atoms with Gasteiger partial charge in [0, 0.05) is 32.0 Å². The van der Waals surface area contributed by atoms with Crippen molar-refractivity contribution in [2.24, 2.45) is 0 Å². The number of rotatable bonds is 2. The van der Waals surface area contributed by atoms with E-state index in [2.05, 4.69) is 25.2 Å². The Labute approximate surface area is 127 Å². The Balaban J connectivity index is 1.66. The third-order valence-corrected chi connectivity index (χ3v) is 3.73. The predicted octanol–water partition coefficient (Wildman–Crippen LogP) is 1.46. The van der Waals surface area contributed by atoms with Crippen LogP contribution >= 0.6 is 0 Å². The van der Waals surface area contributed by atoms with Gasteiger partial charge in [0.05, 0.1) is 12.2 Å². The maximum Gasteiger partial charge on any atom is 0.323 e. The van der Waals surface area contributed by atoms with Crippen LogP contribution in [0.25, 0.3) is 0 Å². The number of nitrogens with zero attached hydrogens (tertiary/aromatic N) is 4. The van der Waals surface area contributed by atoms with E-state index in [-0.39, 0.29) is 12.1 Å². The van der Waals surface area contributed by atoms with Crippen molar-refractivity contribution in [2.45, 2.75) is 6.04 Å². The molecule has 7 nitrogen and oxygen atoms in total. The lowest BCUT2D eigenvalue weighted by atomic mass is 10.1. The lowest BCUT2D eigenvalue weighted by Crippen LogP contribution is -2.50. The number of H-pyrrole nitrogens is 1. The molecule has 3 heterocycles. The average Bonchev–Trinajstić information content (AvgIpc) is 3.04. The number of urea groups is 1. The molecule has 1 atom stereocenters. The van der Waals surface area contributed by atoms with Crippen LogP contribution in [-0.2, 0) is 0 Å². The van der Waals surface area contributed by atoms with E-state index in [1.807, 2.05) is 7.05 Å². The van der Waals surface area contributed by atoms with E-state index in [4.69, 9.17) is 0 Å². The van der Waals surface area contributed by atoms with Gasteiger partial charge in [0.1, 0.15) is 17.5 Å². The summed E-state index contributed by atoms with van der Waals surface area (Å²) in [6.45, 7) is 1.88. The standard InChI is InChI=1S/C14H17FN6O/c1-20-6-7-21(9-11(20)13-16-4-5-17-13)14(22)19-12-3-2-10(15)8-18-12/h2-5,8,11H,6-7,9H2,1H3,(H,16,17)(H,18,19,22)/t11-/m1/s1. The van der Waals surface area contributed by atoms with Crippen molar-refractivity contribution >= 4 is 11.8 Å². The second-order valence-corrected chi connectivity index (χ2v) is 5.21. The summed E-state index contributed by atoms with van der Waals surface area (Å²) in [5, 5.41) is 2.68. The van der Waals surface area contributed by atoms with Gasteiger partial charge in [-0.25, -0.2) is 19.2 Å². The van der Waals surface area contributed by atoms with Crippen molar-refractivity contribution in [1.29, 1.82) is 0 Å². The second-order valence-electron chi connectivity index (χ2n) is 5.21. The lowest BCUT2D eigenvalue weighted by Gasteiger charge is -2.38. The maximum atomic E-state index is 12.8. The van der Waals surface area contributed by atoms with Crippen molar-refractivity contribution in [2.75, 3.05) is 32.0 Å². The number of anilines is 1. The van der Waals surface area contributed by atoms with Crippen LogP contribution in [-0.4, -0.2) is 57.5 Å². The SMILES string of the molecule is CN1CCN(C(=O)Nc2ccc(F)cn2)C[C@@H]1c1ncc[nH]1. The molecule has 3 rings (SSSR count). The number of carbonyl (C=O) groups is 1. The molecular weight excluding hydrogens is 287 g/mol. The normalized spacial score (nSPS) is 19.2. The first-order valence-corrected chi connectivity index (χ1v) is 7.00. The zero-order chi connectivity index (χ0) is 15.5. The summed E-state index contributed by atoms with van der Waals surface area (Å²) < 4.78 is 12.8. The highest BCUT2D eigenvalue weighted by atomic mass is 19.1.